The van der Waals surface area contributed by atoms with Crippen LogP contribution in [0.1, 0.15) is 18.9 Å². The summed E-state index contributed by atoms with van der Waals surface area (Å²) >= 11 is 0. The maximum atomic E-state index is 12.1. The van der Waals surface area contributed by atoms with Gasteiger partial charge in [0.2, 0.25) is 5.75 Å². The molecule has 0 spiro atoms. The zero-order valence-electron chi connectivity index (χ0n) is 15.6. The van der Waals surface area contributed by atoms with Gasteiger partial charge < -0.3 is 23.8 Å². The van der Waals surface area contributed by atoms with E-state index in [1.807, 2.05) is 6.07 Å². The van der Waals surface area contributed by atoms with Crippen LogP contribution in [0, 0.1) is 11.3 Å². The number of benzene rings is 1. The molecule has 0 saturated heterocycles. The summed E-state index contributed by atoms with van der Waals surface area (Å²) in [7, 11) is 3.08. The van der Waals surface area contributed by atoms with Crippen LogP contribution in [0.5, 0.6) is 17.2 Å². The molecule has 0 fully saturated rings. The van der Waals surface area contributed by atoms with Gasteiger partial charge in [-0.2, -0.15) is 5.26 Å². The van der Waals surface area contributed by atoms with E-state index in [9.17, 15) is 9.59 Å². The maximum Gasteiger partial charge on any atom is 0.331 e. The van der Waals surface area contributed by atoms with Gasteiger partial charge in [0, 0.05) is 19.7 Å². The van der Waals surface area contributed by atoms with Crippen molar-refractivity contribution in [3.05, 3.63) is 23.8 Å². The van der Waals surface area contributed by atoms with E-state index in [4.69, 9.17) is 24.2 Å². The van der Waals surface area contributed by atoms with Crippen LogP contribution in [0.4, 0.5) is 0 Å². The summed E-state index contributed by atoms with van der Waals surface area (Å²) in [5, 5.41) is 8.56. The van der Waals surface area contributed by atoms with Gasteiger partial charge >= 0.3 is 5.97 Å². The highest BCUT2D eigenvalue weighted by Crippen LogP contribution is 2.40. The number of hydrogen-bond acceptors (Lipinski definition) is 7. The van der Waals surface area contributed by atoms with E-state index >= 15 is 0 Å². The van der Waals surface area contributed by atoms with E-state index in [1.54, 1.807) is 25.3 Å². The molecular formula is C19H22N2O6. The number of hydrogen-bond donors (Lipinski definition) is 0. The predicted molar refractivity (Wildman–Crippen MR) is 96.4 cm³/mol. The molecule has 0 N–H and O–H groups in total. The van der Waals surface area contributed by atoms with Crippen molar-refractivity contribution in [3.63, 3.8) is 0 Å². The summed E-state index contributed by atoms with van der Waals surface area (Å²) in [4.78, 5) is 25.4. The molecule has 1 aromatic carbocycles. The number of fused-ring (bicyclic) bond motifs is 1. The van der Waals surface area contributed by atoms with E-state index in [1.165, 1.54) is 25.0 Å². The molecule has 144 valence electrons. The first kappa shape index (κ1) is 20.1. The Balaban J connectivity index is 2.00. The molecule has 27 heavy (non-hydrogen) atoms. The smallest absolute Gasteiger partial charge is 0.331 e. The van der Waals surface area contributed by atoms with Crippen molar-refractivity contribution in [1.82, 2.24) is 4.90 Å². The number of methoxy groups -OCH3 is 1. The molecule has 0 aromatic heterocycles. The van der Waals surface area contributed by atoms with Gasteiger partial charge in [-0.1, -0.05) is 0 Å². The summed E-state index contributed by atoms with van der Waals surface area (Å²) in [5.41, 5.74) is 0.665. The highest BCUT2D eigenvalue weighted by atomic mass is 16.6. The van der Waals surface area contributed by atoms with Gasteiger partial charge in [0.25, 0.3) is 5.91 Å². The first-order valence-corrected chi connectivity index (χ1v) is 8.44. The minimum Gasteiger partial charge on any atom is -0.493 e. The molecule has 1 aromatic rings. The first-order chi connectivity index (χ1) is 13.0. The Hall–Kier alpha value is -3.21. The van der Waals surface area contributed by atoms with Gasteiger partial charge in [0.1, 0.15) is 13.2 Å². The zero-order valence-corrected chi connectivity index (χ0v) is 15.6. The van der Waals surface area contributed by atoms with E-state index in [0.717, 1.165) is 0 Å². The fourth-order valence-electron chi connectivity index (χ4n) is 2.46. The Bertz CT molecular complexity index is 751. The van der Waals surface area contributed by atoms with Gasteiger partial charge in [0.05, 0.1) is 19.6 Å². The predicted octanol–water partition coefficient (Wildman–Crippen LogP) is 1.78. The highest BCUT2D eigenvalue weighted by Gasteiger charge is 2.21. The Morgan fingerprint density at radius 2 is 2.11 bits per heavy atom. The molecule has 0 bridgehead atoms. The number of rotatable bonds is 7. The van der Waals surface area contributed by atoms with Crippen molar-refractivity contribution < 1.29 is 28.5 Å². The van der Waals surface area contributed by atoms with E-state index in [2.05, 4.69) is 0 Å². The van der Waals surface area contributed by atoms with Crippen molar-refractivity contribution in [2.75, 3.05) is 33.9 Å². The SMILES string of the molecule is COc1cc(/C=C/C(=O)O[C@@H](C)C(=O)N(C)CCC#N)cc2c1OCCO2. The van der Waals surface area contributed by atoms with Gasteiger partial charge in [-0.05, 0) is 30.7 Å². The van der Waals surface area contributed by atoms with Gasteiger partial charge in [-0.15, -0.1) is 0 Å². The number of nitrogens with zero attached hydrogens (tertiary/aromatic N) is 2. The van der Waals surface area contributed by atoms with Crippen LogP contribution >= 0.6 is 0 Å². The van der Waals surface area contributed by atoms with Crippen LogP contribution < -0.4 is 14.2 Å². The lowest BCUT2D eigenvalue weighted by Gasteiger charge is -2.21. The third-order valence-electron chi connectivity index (χ3n) is 3.84. The number of ether oxygens (including phenoxy) is 4. The molecule has 2 rings (SSSR count). The average molecular weight is 374 g/mol. The Morgan fingerprint density at radius 3 is 2.81 bits per heavy atom. The van der Waals surface area contributed by atoms with Crippen molar-refractivity contribution >= 4 is 18.0 Å². The van der Waals surface area contributed by atoms with Crippen molar-refractivity contribution in [1.29, 1.82) is 5.26 Å². The average Bonchev–Trinajstić information content (AvgIpc) is 2.68. The number of likely N-dealkylation sites (N-methyl/N-ethyl adjacent to an activating group) is 1. The molecule has 0 saturated carbocycles. The molecule has 1 heterocycles. The van der Waals surface area contributed by atoms with Gasteiger partial charge in [-0.3, -0.25) is 4.79 Å². The molecule has 1 aliphatic rings. The van der Waals surface area contributed by atoms with Crippen LogP contribution in [0.15, 0.2) is 18.2 Å². The lowest BCUT2D eigenvalue weighted by atomic mass is 10.1. The molecule has 1 amide bonds. The minimum atomic E-state index is -0.944. The maximum absolute atomic E-state index is 12.1. The highest BCUT2D eigenvalue weighted by molar-refractivity contribution is 5.90. The van der Waals surface area contributed by atoms with Crippen molar-refractivity contribution in [2.45, 2.75) is 19.4 Å². The number of amides is 1. The van der Waals surface area contributed by atoms with Crippen molar-refractivity contribution in [2.24, 2.45) is 0 Å². The van der Waals surface area contributed by atoms with Crippen LogP contribution in [0.25, 0.3) is 6.08 Å². The fourth-order valence-corrected chi connectivity index (χ4v) is 2.46. The number of carbonyl (C=O) groups is 2. The Labute approximate surface area is 157 Å². The number of esters is 1. The number of carbonyl (C=O) groups excluding carboxylic acids is 2. The third kappa shape index (κ3) is 5.38. The number of nitriles is 1. The summed E-state index contributed by atoms with van der Waals surface area (Å²) in [6.45, 7) is 2.65. The Morgan fingerprint density at radius 1 is 1.37 bits per heavy atom. The summed E-state index contributed by atoms with van der Waals surface area (Å²) in [6.07, 6.45) is 2.04. The molecule has 0 aliphatic carbocycles. The summed E-state index contributed by atoms with van der Waals surface area (Å²) < 4.78 is 21.5. The normalized spacial score (nSPS) is 13.6. The molecule has 0 radical (unpaired) electrons. The second-order valence-electron chi connectivity index (χ2n) is 5.83. The molecule has 0 unspecified atom stereocenters. The second kappa shape index (κ2) is 9.48. The third-order valence-corrected chi connectivity index (χ3v) is 3.84. The van der Waals surface area contributed by atoms with Gasteiger partial charge in [-0.25, -0.2) is 4.79 Å². The quantitative estimate of drug-likeness (QED) is 0.530. The van der Waals surface area contributed by atoms with Crippen LogP contribution in [-0.4, -0.2) is 56.8 Å². The molecule has 8 nitrogen and oxygen atoms in total. The largest absolute Gasteiger partial charge is 0.493 e. The first-order valence-electron chi connectivity index (χ1n) is 8.44. The minimum absolute atomic E-state index is 0.217. The van der Waals surface area contributed by atoms with E-state index in [0.29, 0.717) is 36.0 Å². The summed E-state index contributed by atoms with van der Waals surface area (Å²) in [5.74, 6) is 0.550. The molecular weight excluding hydrogens is 352 g/mol. The fraction of sp³-hybridized carbons (Fsp3) is 0.421. The van der Waals surface area contributed by atoms with Crippen LogP contribution in [-0.2, 0) is 14.3 Å². The van der Waals surface area contributed by atoms with Crippen molar-refractivity contribution in [3.8, 4) is 23.3 Å². The second-order valence-corrected chi connectivity index (χ2v) is 5.83. The molecule has 8 heteroatoms. The van der Waals surface area contributed by atoms with Crippen LogP contribution in [0.3, 0.4) is 0 Å². The topological polar surface area (TPSA) is 98.1 Å². The standard InChI is InChI=1S/C19H22N2O6/c1-13(19(23)21(2)8-4-7-20)27-17(22)6-5-14-11-15(24-3)18-16(12-14)25-9-10-26-18/h5-6,11-13H,4,8-10H2,1-3H3/b6-5+/t13-/m0/s1. The molecule has 1 atom stereocenters. The van der Waals surface area contributed by atoms with E-state index < -0.39 is 12.1 Å². The summed E-state index contributed by atoms with van der Waals surface area (Å²) in [6, 6.07) is 5.40. The lowest BCUT2D eigenvalue weighted by molar-refractivity contribution is -0.154. The van der Waals surface area contributed by atoms with Gasteiger partial charge in [0.15, 0.2) is 17.6 Å². The van der Waals surface area contributed by atoms with Crippen LogP contribution in [0.2, 0.25) is 0 Å². The van der Waals surface area contributed by atoms with E-state index in [-0.39, 0.29) is 18.9 Å². The monoisotopic (exact) mass is 374 g/mol. The molecule has 1 aliphatic heterocycles. The lowest BCUT2D eigenvalue weighted by Crippen LogP contribution is -2.37. The Kier molecular flexibility index (Phi) is 7.06. The zero-order chi connectivity index (χ0) is 19.8.